The Morgan fingerprint density at radius 3 is 2.41 bits per heavy atom. The monoisotopic (exact) mass is 236 g/mol. The van der Waals surface area contributed by atoms with Crippen molar-refractivity contribution in [2.45, 2.75) is 39.7 Å². The Balaban J connectivity index is 2.00. The molecule has 0 aromatic carbocycles. The van der Waals surface area contributed by atoms with Crippen LogP contribution >= 0.6 is 0 Å². The summed E-state index contributed by atoms with van der Waals surface area (Å²) in [7, 11) is 1.91. The predicted molar refractivity (Wildman–Crippen MR) is 69.8 cm³/mol. The highest BCUT2D eigenvalue weighted by atomic mass is 16.2. The summed E-state index contributed by atoms with van der Waals surface area (Å²) in [4.78, 5) is 16.1. The second-order valence-electron chi connectivity index (χ2n) is 6.29. The summed E-state index contributed by atoms with van der Waals surface area (Å²) in [5.41, 5.74) is 1.82. The molecule has 0 radical (unpaired) electrons. The Kier molecular flexibility index (Phi) is 3.30. The molecule has 1 fully saturated rings. The molecular weight excluding hydrogens is 212 g/mol. The molecule has 0 saturated carbocycles. The van der Waals surface area contributed by atoms with E-state index in [0.717, 1.165) is 32.5 Å². The highest BCUT2D eigenvalue weighted by Crippen LogP contribution is 2.31. The molecule has 2 aliphatic heterocycles. The second kappa shape index (κ2) is 4.45. The minimum absolute atomic E-state index is 0.137. The molecule has 0 spiro atoms. The summed E-state index contributed by atoms with van der Waals surface area (Å²) in [5, 5.41) is 0. The van der Waals surface area contributed by atoms with Crippen molar-refractivity contribution in [3.8, 4) is 0 Å². The third-order valence-electron chi connectivity index (χ3n) is 4.04. The van der Waals surface area contributed by atoms with E-state index in [1.165, 1.54) is 5.57 Å². The Morgan fingerprint density at radius 1 is 1.29 bits per heavy atom. The zero-order valence-corrected chi connectivity index (χ0v) is 11.5. The minimum Gasteiger partial charge on any atom is -0.344 e. The van der Waals surface area contributed by atoms with Gasteiger partial charge in [-0.1, -0.05) is 32.4 Å². The molecule has 3 nitrogen and oxygen atoms in total. The van der Waals surface area contributed by atoms with E-state index < -0.39 is 0 Å². The van der Waals surface area contributed by atoms with Crippen LogP contribution < -0.4 is 0 Å². The Morgan fingerprint density at radius 2 is 2.00 bits per heavy atom. The largest absolute Gasteiger partial charge is 0.344 e. The maximum Gasteiger partial charge on any atom is 0.239 e. The first kappa shape index (κ1) is 12.6. The van der Waals surface area contributed by atoms with Gasteiger partial charge in [-0.05, 0) is 18.3 Å². The number of hydrogen-bond acceptors (Lipinski definition) is 2. The van der Waals surface area contributed by atoms with Crippen LogP contribution in [0.5, 0.6) is 0 Å². The summed E-state index contributed by atoms with van der Waals surface area (Å²) in [6.45, 7) is 9.69. The lowest BCUT2D eigenvalue weighted by atomic mass is 9.82. The van der Waals surface area contributed by atoms with Crippen molar-refractivity contribution in [3.05, 3.63) is 11.6 Å². The SMILES string of the molecule is CN1CCC(N2CC=C(C(C)(C)C)CC2)C1=O. The van der Waals surface area contributed by atoms with Crippen molar-refractivity contribution in [1.29, 1.82) is 0 Å². The molecule has 3 heteroatoms. The average molecular weight is 236 g/mol. The van der Waals surface area contributed by atoms with Crippen molar-refractivity contribution in [2.75, 3.05) is 26.7 Å². The molecule has 17 heavy (non-hydrogen) atoms. The van der Waals surface area contributed by atoms with Gasteiger partial charge in [0.25, 0.3) is 0 Å². The predicted octanol–water partition coefficient (Wildman–Crippen LogP) is 1.90. The molecule has 1 amide bonds. The molecule has 1 saturated heterocycles. The highest BCUT2D eigenvalue weighted by molar-refractivity contribution is 5.83. The molecule has 0 bridgehead atoms. The molecule has 1 unspecified atom stereocenters. The van der Waals surface area contributed by atoms with E-state index in [9.17, 15) is 4.79 Å². The third kappa shape index (κ3) is 2.54. The number of nitrogens with zero attached hydrogens (tertiary/aromatic N) is 2. The molecule has 2 aliphatic rings. The van der Waals surface area contributed by atoms with Crippen molar-refractivity contribution in [1.82, 2.24) is 9.80 Å². The maximum absolute atomic E-state index is 11.9. The lowest BCUT2D eigenvalue weighted by Gasteiger charge is -2.34. The van der Waals surface area contributed by atoms with Crippen LogP contribution in [0.4, 0.5) is 0 Å². The highest BCUT2D eigenvalue weighted by Gasteiger charge is 2.35. The van der Waals surface area contributed by atoms with Gasteiger partial charge in [0, 0.05) is 26.7 Å². The smallest absolute Gasteiger partial charge is 0.239 e. The number of rotatable bonds is 1. The van der Waals surface area contributed by atoms with Crippen LogP contribution in [0.2, 0.25) is 0 Å². The number of hydrogen-bond donors (Lipinski definition) is 0. The average Bonchev–Trinajstić information content (AvgIpc) is 2.59. The summed E-state index contributed by atoms with van der Waals surface area (Å²) in [5.74, 6) is 0.303. The van der Waals surface area contributed by atoms with E-state index in [0.29, 0.717) is 5.91 Å². The van der Waals surface area contributed by atoms with Crippen molar-refractivity contribution >= 4 is 5.91 Å². The van der Waals surface area contributed by atoms with E-state index in [1.54, 1.807) is 0 Å². The second-order valence-corrected chi connectivity index (χ2v) is 6.29. The van der Waals surface area contributed by atoms with Gasteiger partial charge in [-0.15, -0.1) is 0 Å². The van der Waals surface area contributed by atoms with Gasteiger partial charge in [0.2, 0.25) is 5.91 Å². The number of likely N-dealkylation sites (N-methyl/N-ethyl adjacent to an activating group) is 1. The van der Waals surface area contributed by atoms with E-state index in [-0.39, 0.29) is 11.5 Å². The third-order valence-corrected chi connectivity index (χ3v) is 4.04. The first-order valence-corrected chi connectivity index (χ1v) is 6.58. The zero-order chi connectivity index (χ0) is 12.6. The van der Waals surface area contributed by atoms with Gasteiger partial charge in [-0.3, -0.25) is 9.69 Å². The van der Waals surface area contributed by atoms with Crippen LogP contribution in [0.3, 0.4) is 0 Å². The molecule has 2 heterocycles. The van der Waals surface area contributed by atoms with Gasteiger partial charge < -0.3 is 4.90 Å². The van der Waals surface area contributed by atoms with Gasteiger partial charge >= 0.3 is 0 Å². The molecule has 0 aliphatic carbocycles. The fourth-order valence-corrected chi connectivity index (χ4v) is 2.79. The molecule has 2 rings (SSSR count). The van der Waals surface area contributed by atoms with E-state index >= 15 is 0 Å². The Labute approximate surface area is 104 Å². The normalized spacial score (nSPS) is 27.5. The zero-order valence-electron chi connectivity index (χ0n) is 11.5. The first-order valence-electron chi connectivity index (χ1n) is 6.58. The molecule has 1 atom stereocenters. The number of likely N-dealkylation sites (tertiary alicyclic amines) is 1. The molecule has 0 aromatic rings. The Bertz CT molecular complexity index is 341. The van der Waals surface area contributed by atoms with Crippen LogP contribution in [-0.4, -0.2) is 48.4 Å². The molecule has 0 N–H and O–H groups in total. The Hall–Kier alpha value is -0.830. The summed E-state index contributed by atoms with van der Waals surface area (Å²) in [6.07, 6.45) is 4.43. The lowest BCUT2D eigenvalue weighted by molar-refractivity contribution is -0.130. The van der Waals surface area contributed by atoms with Gasteiger partial charge in [0.05, 0.1) is 6.04 Å². The lowest BCUT2D eigenvalue weighted by Crippen LogP contribution is -2.43. The van der Waals surface area contributed by atoms with Crippen LogP contribution in [0.15, 0.2) is 11.6 Å². The minimum atomic E-state index is 0.137. The molecule has 0 aromatic heterocycles. The van der Waals surface area contributed by atoms with Crippen molar-refractivity contribution in [2.24, 2.45) is 5.41 Å². The van der Waals surface area contributed by atoms with E-state index in [2.05, 4.69) is 31.7 Å². The first-order chi connectivity index (χ1) is 7.89. The van der Waals surface area contributed by atoms with E-state index in [1.807, 2.05) is 11.9 Å². The van der Waals surface area contributed by atoms with Gasteiger partial charge in [-0.2, -0.15) is 0 Å². The van der Waals surface area contributed by atoms with Gasteiger partial charge in [0.1, 0.15) is 0 Å². The summed E-state index contributed by atoms with van der Waals surface area (Å²) < 4.78 is 0. The summed E-state index contributed by atoms with van der Waals surface area (Å²) >= 11 is 0. The van der Waals surface area contributed by atoms with Crippen molar-refractivity contribution < 1.29 is 4.79 Å². The van der Waals surface area contributed by atoms with Gasteiger partial charge in [-0.25, -0.2) is 0 Å². The number of amides is 1. The van der Waals surface area contributed by atoms with Gasteiger partial charge in [0.15, 0.2) is 0 Å². The number of carbonyl (C=O) groups excluding carboxylic acids is 1. The van der Waals surface area contributed by atoms with E-state index in [4.69, 9.17) is 0 Å². The van der Waals surface area contributed by atoms with Crippen LogP contribution in [0.25, 0.3) is 0 Å². The maximum atomic E-state index is 11.9. The molecular formula is C14H24N2O. The standard InChI is InChI=1S/C14H24N2O/c1-14(2,3)11-5-9-16(10-6-11)12-7-8-15(4)13(12)17/h5,12H,6-10H2,1-4H3. The fraction of sp³-hybridized carbons (Fsp3) is 0.786. The van der Waals surface area contributed by atoms with Crippen LogP contribution in [0.1, 0.15) is 33.6 Å². The van der Waals surface area contributed by atoms with Crippen molar-refractivity contribution in [3.63, 3.8) is 0 Å². The van der Waals surface area contributed by atoms with Crippen LogP contribution in [-0.2, 0) is 4.79 Å². The molecule has 96 valence electrons. The summed E-state index contributed by atoms with van der Waals surface area (Å²) in [6, 6.07) is 0.137. The number of carbonyl (C=O) groups is 1. The van der Waals surface area contributed by atoms with Crippen LogP contribution in [0, 0.1) is 5.41 Å². The fourth-order valence-electron chi connectivity index (χ4n) is 2.79. The topological polar surface area (TPSA) is 23.6 Å². The quantitative estimate of drug-likeness (QED) is 0.649.